The Balaban J connectivity index is 1.94. The number of pyridine rings is 1. The van der Waals surface area contributed by atoms with E-state index in [1.165, 1.54) is 17.7 Å². The molecule has 4 heteroatoms. The fourth-order valence-electron chi connectivity index (χ4n) is 2.70. The summed E-state index contributed by atoms with van der Waals surface area (Å²) in [5.41, 5.74) is 8.94. The van der Waals surface area contributed by atoms with Crippen LogP contribution in [0.5, 0.6) is 0 Å². The van der Waals surface area contributed by atoms with E-state index < -0.39 is 0 Å². The molecule has 2 N–H and O–H groups in total. The maximum atomic E-state index is 6.41. The van der Waals surface area contributed by atoms with Crippen LogP contribution in [-0.4, -0.2) is 4.98 Å². The van der Waals surface area contributed by atoms with Gasteiger partial charge in [0.15, 0.2) is 0 Å². The zero-order chi connectivity index (χ0) is 12.5. The molecule has 94 valence electrons. The molecule has 0 saturated heterocycles. The van der Waals surface area contributed by atoms with E-state index in [0.717, 1.165) is 22.1 Å². The lowest BCUT2D eigenvalue weighted by Crippen LogP contribution is -2.23. The van der Waals surface area contributed by atoms with Crippen LogP contribution in [0.3, 0.4) is 0 Å². The normalized spacial score (nSPS) is 20.4. The zero-order valence-electron chi connectivity index (χ0n) is 9.97. The Morgan fingerprint density at radius 2 is 2.28 bits per heavy atom. The summed E-state index contributed by atoms with van der Waals surface area (Å²) >= 11 is 7.57. The van der Waals surface area contributed by atoms with Crippen LogP contribution in [0.4, 0.5) is 0 Å². The maximum absolute atomic E-state index is 6.41. The number of hydrogen-bond acceptors (Lipinski definition) is 3. The number of halogens is 1. The van der Waals surface area contributed by atoms with E-state index in [1.807, 2.05) is 24.4 Å². The Kier molecular flexibility index (Phi) is 3.37. The molecule has 0 amide bonds. The summed E-state index contributed by atoms with van der Waals surface area (Å²) in [5.74, 6) is 0.324. The molecule has 0 radical (unpaired) electrons. The van der Waals surface area contributed by atoms with Crippen LogP contribution in [0.2, 0.25) is 4.34 Å². The van der Waals surface area contributed by atoms with Gasteiger partial charge in [-0.2, -0.15) is 0 Å². The highest BCUT2D eigenvalue weighted by Crippen LogP contribution is 2.40. The monoisotopic (exact) mass is 278 g/mol. The summed E-state index contributed by atoms with van der Waals surface area (Å²) in [6.45, 7) is 0. The van der Waals surface area contributed by atoms with Crippen LogP contribution in [0.15, 0.2) is 30.5 Å². The maximum Gasteiger partial charge on any atom is 0.0931 e. The van der Waals surface area contributed by atoms with Crippen molar-refractivity contribution >= 4 is 22.9 Å². The van der Waals surface area contributed by atoms with Crippen LogP contribution in [0.25, 0.3) is 0 Å². The highest BCUT2D eigenvalue weighted by atomic mass is 35.5. The number of nitrogens with zero attached hydrogens (tertiary/aromatic N) is 1. The zero-order valence-corrected chi connectivity index (χ0v) is 11.5. The predicted molar refractivity (Wildman–Crippen MR) is 76.2 cm³/mol. The first kappa shape index (κ1) is 12.2. The smallest absolute Gasteiger partial charge is 0.0931 e. The highest BCUT2D eigenvalue weighted by Gasteiger charge is 2.28. The number of nitrogens with two attached hydrogens (primary N) is 1. The van der Waals surface area contributed by atoms with Gasteiger partial charge in [-0.25, -0.2) is 0 Å². The fraction of sp³-hybridized carbons (Fsp3) is 0.357. The van der Waals surface area contributed by atoms with Crippen molar-refractivity contribution in [1.82, 2.24) is 4.98 Å². The third kappa shape index (κ3) is 2.18. The molecule has 2 aromatic rings. The average Bonchev–Trinajstić information content (AvgIpc) is 2.84. The molecule has 0 aliphatic heterocycles. The minimum absolute atomic E-state index is 0.0106. The molecule has 2 aromatic heterocycles. The first-order valence-corrected chi connectivity index (χ1v) is 7.40. The van der Waals surface area contributed by atoms with Crippen molar-refractivity contribution in [2.24, 2.45) is 5.73 Å². The molecule has 0 fully saturated rings. The van der Waals surface area contributed by atoms with Crippen LogP contribution in [0.1, 0.15) is 40.9 Å². The summed E-state index contributed by atoms with van der Waals surface area (Å²) in [4.78, 5) is 5.70. The second-order valence-electron chi connectivity index (χ2n) is 4.71. The molecular weight excluding hydrogens is 264 g/mol. The number of fused-ring (bicyclic) bond motifs is 1. The Labute approximate surface area is 116 Å². The molecule has 0 aromatic carbocycles. The van der Waals surface area contributed by atoms with Crippen molar-refractivity contribution < 1.29 is 0 Å². The van der Waals surface area contributed by atoms with Gasteiger partial charge in [-0.3, -0.25) is 4.98 Å². The van der Waals surface area contributed by atoms with Crippen molar-refractivity contribution in [1.29, 1.82) is 0 Å². The lowest BCUT2D eigenvalue weighted by molar-refractivity contribution is 0.467. The molecule has 0 bridgehead atoms. The van der Waals surface area contributed by atoms with Gasteiger partial charge in [0.2, 0.25) is 0 Å². The van der Waals surface area contributed by atoms with Gasteiger partial charge in [-0.15, -0.1) is 11.3 Å². The van der Waals surface area contributed by atoms with Crippen molar-refractivity contribution in [2.75, 3.05) is 0 Å². The minimum Gasteiger partial charge on any atom is -0.323 e. The fourth-order valence-corrected chi connectivity index (χ4v) is 3.83. The summed E-state index contributed by atoms with van der Waals surface area (Å²) in [6.07, 6.45) is 5.29. The molecule has 18 heavy (non-hydrogen) atoms. The van der Waals surface area contributed by atoms with Gasteiger partial charge < -0.3 is 5.73 Å². The van der Waals surface area contributed by atoms with Gasteiger partial charge in [0.25, 0.3) is 0 Å². The van der Waals surface area contributed by atoms with Crippen LogP contribution in [-0.2, 0) is 6.42 Å². The van der Waals surface area contributed by atoms with Crippen molar-refractivity contribution in [2.45, 2.75) is 31.2 Å². The standard InChI is InChI=1S/C14H15ClN2S/c15-12-7-6-11(18-12)13(16)10-5-1-3-9-4-2-8-17-14(9)10/h2,4,6-8,10,13H,1,3,5,16H2. The number of rotatable bonds is 2. The Morgan fingerprint density at radius 3 is 3.06 bits per heavy atom. The molecule has 3 rings (SSSR count). The van der Waals surface area contributed by atoms with Gasteiger partial charge >= 0.3 is 0 Å². The number of thiophene rings is 1. The first-order chi connectivity index (χ1) is 8.75. The summed E-state index contributed by atoms with van der Waals surface area (Å²) in [7, 11) is 0. The lowest BCUT2D eigenvalue weighted by Gasteiger charge is -2.28. The van der Waals surface area contributed by atoms with Gasteiger partial charge in [0, 0.05) is 28.7 Å². The van der Waals surface area contributed by atoms with Crippen molar-refractivity contribution in [3.63, 3.8) is 0 Å². The topological polar surface area (TPSA) is 38.9 Å². The van der Waals surface area contributed by atoms with E-state index in [2.05, 4.69) is 11.1 Å². The molecule has 1 aliphatic carbocycles. The molecule has 2 nitrogen and oxygen atoms in total. The number of aromatic nitrogens is 1. The highest BCUT2D eigenvalue weighted by molar-refractivity contribution is 7.16. The molecule has 0 spiro atoms. The van der Waals surface area contributed by atoms with Crippen molar-refractivity contribution in [3.8, 4) is 0 Å². The van der Waals surface area contributed by atoms with Crippen molar-refractivity contribution in [3.05, 3.63) is 50.9 Å². The third-order valence-electron chi connectivity index (χ3n) is 3.59. The summed E-state index contributed by atoms with van der Waals surface area (Å²) < 4.78 is 0.803. The SMILES string of the molecule is NC(c1ccc(Cl)s1)C1CCCc2cccnc21. The van der Waals surface area contributed by atoms with E-state index in [9.17, 15) is 0 Å². The number of aryl methyl sites for hydroxylation is 1. The Hall–Kier alpha value is -0.900. The number of hydrogen-bond donors (Lipinski definition) is 1. The third-order valence-corrected chi connectivity index (χ3v) is 4.93. The minimum atomic E-state index is 0.0106. The van der Waals surface area contributed by atoms with Gasteiger partial charge in [-0.05, 0) is 43.0 Å². The quantitative estimate of drug-likeness (QED) is 0.904. The van der Waals surface area contributed by atoms with Gasteiger partial charge in [-0.1, -0.05) is 17.7 Å². The second kappa shape index (κ2) is 5.00. The summed E-state index contributed by atoms with van der Waals surface area (Å²) in [5, 5.41) is 0. The molecule has 2 unspecified atom stereocenters. The van der Waals surface area contributed by atoms with Crippen LogP contribution in [0, 0.1) is 0 Å². The summed E-state index contributed by atoms with van der Waals surface area (Å²) in [6, 6.07) is 8.15. The van der Waals surface area contributed by atoms with E-state index >= 15 is 0 Å². The molecular formula is C14H15ClN2S. The van der Waals surface area contributed by atoms with E-state index in [1.54, 1.807) is 11.3 Å². The Bertz CT molecular complexity index is 552. The predicted octanol–water partition coefficient (Wildman–Crippen LogP) is 3.92. The average molecular weight is 279 g/mol. The molecule has 1 aliphatic rings. The largest absolute Gasteiger partial charge is 0.323 e. The van der Waals surface area contributed by atoms with Gasteiger partial charge in [0.1, 0.15) is 0 Å². The molecule has 2 atom stereocenters. The Morgan fingerprint density at radius 1 is 1.39 bits per heavy atom. The van der Waals surface area contributed by atoms with Crippen LogP contribution < -0.4 is 5.73 Å². The van der Waals surface area contributed by atoms with Crippen LogP contribution >= 0.6 is 22.9 Å². The second-order valence-corrected chi connectivity index (χ2v) is 6.46. The first-order valence-electron chi connectivity index (χ1n) is 6.20. The lowest BCUT2D eigenvalue weighted by atomic mass is 9.82. The van der Waals surface area contributed by atoms with E-state index in [4.69, 9.17) is 17.3 Å². The molecule has 0 saturated carbocycles. The van der Waals surface area contributed by atoms with Gasteiger partial charge in [0.05, 0.1) is 4.34 Å². The molecule has 2 heterocycles. The van der Waals surface area contributed by atoms with E-state index in [0.29, 0.717) is 5.92 Å². The van der Waals surface area contributed by atoms with E-state index in [-0.39, 0.29) is 6.04 Å².